The van der Waals surface area contributed by atoms with Crippen molar-refractivity contribution in [2.45, 2.75) is 25.7 Å². The molecule has 0 bridgehead atoms. The Labute approximate surface area is 118 Å². The molecule has 0 aromatic carbocycles. The van der Waals surface area contributed by atoms with E-state index in [-0.39, 0.29) is 0 Å². The Kier molecular flexibility index (Phi) is 9.84. The van der Waals surface area contributed by atoms with Gasteiger partial charge in [-0.15, -0.1) is 0 Å². The fourth-order valence-corrected chi connectivity index (χ4v) is 1.53. The maximum atomic E-state index is 8.52. The molecule has 0 saturated heterocycles. The van der Waals surface area contributed by atoms with Crippen LogP contribution in [-0.2, 0) is 10.4 Å². The summed E-state index contributed by atoms with van der Waals surface area (Å²) in [5, 5.41) is 0. The third-order valence-corrected chi connectivity index (χ3v) is 2.41. The fourth-order valence-electron chi connectivity index (χ4n) is 1.53. The van der Waals surface area contributed by atoms with E-state index in [9.17, 15) is 0 Å². The second-order valence-corrected chi connectivity index (χ2v) is 7.67. The van der Waals surface area contributed by atoms with E-state index in [0.717, 1.165) is 8.97 Å². The molecule has 0 radical (unpaired) electrons. The molecule has 0 rings (SSSR count). The summed E-state index contributed by atoms with van der Waals surface area (Å²) in [6.07, 6.45) is 5.55. The highest BCUT2D eigenvalue weighted by molar-refractivity contribution is 7.79. The van der Waals surface area contributed by atoms with Crippen LogP contribution >= 0.6 is 0 Å². The maximum Gasteiger partial charge on any atom is 0.0780 e. The van der Waals surface area contributed by atoms with E-state index in [1.54, 1.807) is 0 Å². The van der Waals surface area contributed by atoms with Crippen LogP contribution < -0.4 is 0 Å². The molecule has 0 spiro atoms. The third-order valence-electron chi connectivity index (χ3n) is 2.41. The van der Waals surface area contributed by atoms with Crippen LogP contribution in [-0.4, -0.2) is 81.9 Å². The minimum absolute atomic E-state index is 1.11. The van der Waals surface area contributed by atoms with Gasteiger partial charge in [0.15, 0.2) is 0 Å². The zero-order valence-electron chi connectivity index (χ0n) is 13.2. The van der Waals surface area contributed by atoms with Crippen molar-refractivity contribution in [2.24, 2.45) is 0 Å². The molecule has 0 aliphatic carbocycles. The summed E-state index contributed by atoms with van der Waals surface area (Å²) in [5.74, 6) is 0. The van der Waals surface area contributed by atoms with Crippen molar-refractivity contribution in [1.82, 2.24) is 0 Å². The molecule has 118 valence electrons. The number of rotatable bonds is 7. The van der Waals surface area contributed by atoms with Gasteiger partial charge in [-0.3, -0.25) is 8.42 Å². The van der Waals surface area contributed by atoms with Crippen LogP contribution in [0, 0.1) is 0 Å². The number of hydrogen-bond donors (Lipinski definition) is 0. The fraction of sp³-hybridized carbons (Fsp3) is 1.00. The lowest BCUT2D eigenvalue weighted by molar-refractivity contribution is -0.871. The third kappa shape index (κ3) is 38.1. The van der Waals surface area contributed by atoms with Gasteiger partial charge >= 0.3 is 0 Å². The summed E-state index contributed by atoms with van der Waals surface area (Å²) in [4.78, 5) is 0. The highest BCUT2D eigenvalue weighted by Crippen LogP contribution is 2.05. The van der Waals surface area contributed by atoms with Crippen LogP contribution in [0.5, 0.6) is 0 Å². The van der Waals surface area contributed by atoms with Gasteiger partial charge in [-0.2, -0.15) is 0 Å². The van der Waals surface area contributed by atoms with Crippen LogP contribution in [0.25, 0.3) is 0 Å². The van der Waals surface area contributed by atoms with E-state index in [2.05, 4.69) is 42.3 Å². The van der Waals surface area contributed by atoms with E-state index in [4.69, 9.17) is 17.5 Å². The minimum atomic E-state index is -5.17. The highest BCUT2D eigenvalue weighted by Gasteiger charge is 2.07. The van der Waals surface area contributed by atoms with Gasteiger partial charge in [-0.25, -0.2) is 0 Å². The molecule has 0 aliphatic rings. The van der Waals surface area contributed by atoms with Gasteiger partial charge in [0.1, 0.15) is 0 Å². The molecule has 0 fully saturated rings. The van der Waals surface area contributed by atoms with Gasteiger partial charge < -0.3 is 18.1 Å². The number of hydrogen-bond acceptors (Lipinski definition) is 4. The molecule has 0 heterocycles. The Morgan fingerprint density at radius 2 is 0.895 bits per heavy atom. The van der Waals surface area contributed by atoms with Crippen LogP contribution in [0.4, 0.5) is 0 Å². The molecule has 0 aromatic rings. The predicted octanol–water partition coefficient (Wildman–Crippen LogP) is 0.621. The first-order valence-electron chi connectivity index (χ1n) is 6.48. The van der Waals surface area contributed by atoms with Crippen molar-refractivity contribution in [1.29, 1.82) is 0 Å². The quantitative estimate of drug-likeness (QED) is 0.299. The molecule has 0 saturated carbocycles. The van der Waals surface area contributed by atoms with E-state index >= 15 is 0 Å². The van der Waals surface area contributed by atoms with Gasteiger partial charge in [0.25, 0.3) is 0 Å². The average Bonchev–Trinajstić information content (AvgIpc) is 2.04. The topological polar surface area (TPSA) is 80.3 Å². The summed E-state index contributed by atoms with van der Waals surface area (Å²) >= 11 is 0. The first kappa shape index (κ1) is 21.1. The summed E-state index contributed by atoms with van der Waals surface area (Å²) in [7, 11) is 8.45. The summed E-state index contributed by atoms with van der Waals surface area (Å²) in [5.41, 5.74) is 0. The smallest absolute Gasteiger partial charge is 0.0780 e. The Morgan fingerprint density at radius 1 is 0.684 bits per heavy atom. The first-order chi connectivity index (χ1) is 8.21. The predicted molar refractivity (Wildman–Crippen MR) is 74.7 cm³/mol. The van der Waals surface area contributed by atoms with E-state index < -0.39 is 10.4 Å². The molecule has 0 aliphatic heterocycles. The Balaban J connectivity index is 0. The summed E-state index contributed by atoms with van der Waals surface area (Å²) < 4.78 is 36.3. The van der Waals surface area contributed by atoms with E-state index in [1.165, 1.54) is 38.8 Å². The standard InChI is InChI=1S/C12H30N2.H2O4S/c1-13(2,3)11-9-7-8-10-12-14(4,5)6;1-5(2,3)4/h7-12H2,1-6H3;(H2,1,2,3,4)/q+2;/p-2. The number of quaternary nitrogens is 2. The molecule has 0 unspecified atom stereocenters. The minimum Gasteiger partial charge on any atom is -0.759 e. The SMILES string of the molecule is C[N+](C)(C)CCCCCC[N+](C)(C)C.O=S(=O)([O-])[O-]. The van der Waals surface area contributed by atoms with Crippen molar-refractivity contribution in [3.05, 3.63) is 0 Å². The lowest BCUT2D eigenvalue weighted by Gasteiger charge is -2.25. The largest absolute Gasteiger partial charge is 0.759 e. The van der Waals surface area contributed by atoms with Gasteiger partial charge in [-0.05, 0) is 25.7 Å². The van der Waals surface area contributed by atoms with Gasteiger partial charge in [0, 0.05) is 10.4 Å². The van der Waals surface area contributed by atoms with Crippen LogP contribution in [0.15, 0.2) is 0 Å². The van der Waals surface area contributed by atoms with Crippen LogP contribution in [0.1, 0.15) is 25.7 Å². The summed E-state index contributed by atoms with van der Waals surface area (Å²) in [6.45, 7) is 2.62. The second kappa shape index (κ2) is 8.86. The van der Waals surface area contributed by atoms with Crippen molar-refractivity contribution in [3.8, 4) is 0 Å². The van der Waals surface area contributed by atoms with Gasteiger partial charge in [-0.1, -0.05) is 0 Å². The number of nitrogens with zero attached hydrogens (tertiary/aromatic N) is 2. The molecule has 19 heavy (non-hydrogen) atoms. The van der Waals surface area contributed by atoms with Gasteiger partial charge in [0.2, 0.25) is 0 Å². The van der Waals surface area contributed by atoms with Gasteiger partial charge in [0.05, 0.1) is 55.4 Å². The highest BCUT2D eigenvalue weighted by atomic mass is 32.3. The lowest BCUT2D eigenvalue weighted by Crippen LogP contribution is -2.35. The van der Waals surface area contributed by atoms with Crippen molar-refractivity contribution >= 4 is 10.4 Å². The molecule has 0 N–H and O–H groups in total. The van der Waals surface area contributed by atoms with Crippen molar-refractivity contribution < 1.29 is 26.5 Å². The Hall–Kier alpha value is -0.210. The molecular formula is C12H30N2O4S. The molecular weight excluding hydrogens is 268 g/mol. The lowest BCUT2D eigenvalue weighted by atomic mass is 10.1. The summed E-state index contributed by atoms with van der Waals surface area (Å²) in [6, 6.07) is 0. The normalized spacial score (nSPS) is 12.8. The molecule has 6 nitrogen and oxygen atoms in total. The van der Waals surface area contributed by atoms with Crippen molar-refractivity contribution in [2.75, 3.05) is 55.4 Å². The van der Waals surface area contributed by atoms with Crippen LogP contribution in [0.2, 0.25) is 0 Å². The first-order valence-corrected chi connectivity index (χ1v) is 7.82. The van der Waals surface area contributed by atoms with E-state index in [0.29, 0.717) is 0 Å². The molecule has 0 atom stereocenters. The molecule has 0 amide bonds. The maximum absolute atomic E-state index is 8.52. The number of unbranched alkanes of at least 4 members (excludes halogenated alkanes) is 3. The van der Waals surface area contributed by atoms with Crippen molar-refractivity contribution in [3.63, 3.8) is 0 Å². The second-order valence-electron chi connectivity index (χ2n) is 6.85. The Bertz CT molecular complexity index is 290. The zero-order valence-corrected chi connectivity index (χ0v) is 14.0. The molecule has 7 heteroatoms. The average molecular weight is 298 g/mol. The Morgan fingerprint density at radius 3 is 1.05 bits per heavy atom. The molecule has 0 aromatic heterocycles. The van der Waals surface area contributed by atoms with Crippen LogP contribution in [0.3, 0.4) is 0 Å². The monoisotopic (exact) mass is 298 g/mol. The zero-order chi connectivity index (χ0) is 15.7. The van der Waals surface area contributed by atoms with E-state index in [1.807, 2.05) is 0 Å².